The first-order valence-corrected chi connectivity index (χ1v) is 9.75. The topological polar surface area (TPSA) is 33.7 Å². The maximum Gasteiger partial charge on any atom is 0.127 e. The van der Waals surface area contributed by atoms with Gasteiger partial charge in [0.15, 0.2) is 0 Å². The van der Waals surface area contributed by atoms with Crippen LogP contribution in [0.3, 0.4) is 0 Å². The standard InChI is InChI=1S/C22H28N2O2.2ClH/c1-2-6-20(7-3-1)26-21-8-4-5-19(17-21)22(18-9-15-25-16-10-18)24-13-11-23-12-14-24;;/h1-8,17-18,22-23H,9-16H2;2*1H/t22-;;/m1../s1. The van der Waals surface area contributed by atoms with Crippen molar-refractivity contribution in [3.8, 4) is 11.5 Å². The molecule has 2 aliphatic rings. The number of rotatable bonds is 5. The Hall–Kier alpha value is -1.30. The highest BCUT2D eigenvalue weighted by Gasteiger charge is 2.31. The van der Waals surface area contributed by atoms with Crippen LogP contribution in [0.5, 0.6) is 11.5 Å². The molecule has 2 heterocycles. The molecule has 0 spiro atoms. The molecular formula is C22H30Cl2N2O2. The summed E-state index contributed by atoms with van der Waals surface area (Å²) in [5.74, 6) is 2.45. The van der Waals surface area contributed by atoms with Crippen molar-refractivity contribution in [3.63, 3.8) is 0 Å². The van der Waals surface area contributed by atoms with Gasteiger partial charge < -0.3 is 14.8 Å². The van der Waals surface area contributed by atoms with E-state index in [-0.39, 0.29) is 24.8 Å². The number of hydrogen-bond acceptors (Lipinski definition) is 4. The zero-order valence-electron chi connectivity index (χ0n) is 16.1. The van der Waals surface area contributed by atoms with Gasteiger partial charge in [-0.25, -0.2) is 0 Å². The second-order valence-electron chi connectivity index (χ2n) is 7.17. The molecule has 2 saturated heterocycles. The molecule has 28 heavy (non-hydrogen) atoms. The van der Waals surface area contributed by atoms with Crippen LogP contribution in [0.1, 0.15) is 24.4 Å². The predicted molar refractivity (Wildman–Crippen MR) is 118 cm³/mol. The third-order valence-electron chi connectivity index (χ3n) is 5.44. The van der Waals surface area contributed by atoms with Gasteiger partial charge in [-0.2, -0.15) is 0 Å². The highest BCUT2D eigenvalue weighted by atomic mass is 35.5. The number of piperazine rings is 1. The van der Waals surface area contributed by atoms with Crippen LogP contribution in [0.2, 0.25) is 0 Å². The fraction of sp³-hybridized carbons (Fsp3) is 0.455. The van der Waals surface area contributed by atoms with Gasteiger partial charge in [0, 0.05) is 45.4 Å². The predicted octanol–water partition coefficient (Wildman–Crippen LogP) is 4.70. The number of ether oxygens (including phenoxy) is 2. The minimum Gasteiger partial charge on any atom is -0.457 e. The van der Waals surface area contributed by atoms with Crippen LogP contribution < -0.4 is 10.1 Å². The van der Waals surface area contributed by atoms with Crippen LogP contribution in [0.4, 0.5) is 0 Å². The third kappa shape index (κ3) is 5.85. The average molecular weight is 425 g/mol. The Morgan fingerprint density at radius 3 is 2.29 bits per heavy atom. The number of halogens is 2. The summed E-state index contributed by atoms with van der Waals surface area (Å²) in [5, 5.41) is 3.48. The van der Waals surface area contributed by atoms with E-state index < -0.39 is 0 Å². The summed E-state index contributed by atoms with van der Waals surface area (Å²) in [5.41, 5.74) is 1.37. The van der Waals surface area contributed by atoms with E-state index in [9.17, 15) is 0 Å². The van der Waals surface area contributed by atoms with Crippen LogP contribution >= 0.6 is 24.8 Å². The number of benzene rings is 2. The first kappa shape index (κ1) is 23.0. The normalized spacial score (nSPS) is 19.1. The highest BCUT2D eigenvalue weighted by Crippen LogP contribution is 2.37. The molecule has 1 N–H and O–H groups in total. The lowest BCUT2D eigenvalue weighted by Crippen LogP contribution is -2.47. The van der Waals surface area contributed by atoms with E-state index in [4.69, 9.17) is 9.47 Å². The van der Waals surface area contributed by atoms with Crippen LogP contribution in [0.25, 0.3) is 0 Å². The van der Waals surface area contributed by atoms with E-state index in [1.54, 1.807) is 0 Å². The quantitative estimate of drug-likeness (QED) is 0.754. The number of para-hydroxylation sites is 1. The maximum absolute atomic E-state index is 6.09. The summed E-state index contributed by atoms with van der Waals surface area (Å²) in [6.45, 7) is 6.11. The van der Waals surface area contributed by atoms with Crippen LogP contribution in [0.15, 0.2) is 54.6 Å². The molecule has 2 fully saturated rings. The summed E-state index contributed by atoms with van der Waals surface area (Å²) in [6.07, 6.45) is 2.27. The second kappa shape index (κ2) is 11.6. The minimum absolute atomic E-state index is 0. The molecule has 0 amide bonds. The highest BCUT2D eigenvalue weighted by molar-refractivity contribution is 5.85. The molecule has 2 aliphatic heterocycles. The summed E-state index contributed by atoms with van der Waals surface area (Å²) in [6, 6.07) is 19.1. The average Bonchev–Trinajstić information content (AvgIpc) is 2.71. The zero-order valence-corrected chi connectivity index (χ0v) is 17.7. The Morgan fingerprint density at radius 2 is 1.57 bits per heavy atom. The molecule has 6 heteroatoms. The Balaban J connectivity index is 0.00000140. The minimum atomic E-state index is 0. The fourth-order valence-corrected chi connectivity index (χ4v) is 4.16. The number of nitrogens with one attached hydrogen (secondary N) is 1. The molecule has 0 saturated carbocycles. The largest absolute Gasteiger partial charge is 0.457 e. The van der Waals surface area contributed by atoms with Gasteiger partial charge in [-0.05, 0) is 48.6 Å². The summed E-state index contributed by atoms with van der Waals surface area (Å²) >= 11 is 0. The van der Waals surface area contributed by atoms with Crippen molar-refractivity contribution >= 4 is 24.8 Å². The number of nitrogens with zero attached hydrogens (tertiary/aromatic N) is 1. The van der Waals surface area contributed by atoms with Crippen LogP contribution in [-0.2, 0) is 4.74 Å². The molecule has 154 valence electrons. The lowest BCUT2D eigenvalue weighted by molar-refractivity contribution is 0.0213. The van der Waals surface area contributed by atoms with E-state index in [2.05, 4.69) is 34.5 Å². The van der Waals surface area contributed by atoms with Crippen molar-refractivity contribution < 1.29 is 9.47 Å². The molecule has 4 rings (SSSR count). The summed E-state index contributed by atoms with van der Waals surface area (Å²) in [7, 11) is 0. The van der Waals surface area contributed by atoms with Gasteiger partial charge in [0.1, 0.15) is 11.5 Å². The Morgan fingerprint density at radius 1 is 0.893 bits per heavy atom. The van der Waals surface area contributed by atoms with Gasteiger partial charge in [0.05, 0.1) is 0 Å². The fourth-order valence-electron chi connectivity index (χ4n) is 4.16. The van der Waals surface area contributed by atoms with Crippen molar-refractivity contribution in [1.82, 2.24) is 10.2 Å². The molecule has 2 aromatic rings. The van der Waals surface area contributed by atoms with Gasteiger partial charge in [0.25, 0.3) is 0 Å². The van der Waals surface area contributed by atoms with Crippen molar-refractivity contribution in [3.05, 3.63) is 60.2 Å². The smallest absolute Gasteiger partial charge is 0.127 e. The first-order chi connectivity index (χ1) is 12.9. The maximum atomic E-state index is 6.09. The third-order valence-corrected chi connectivity index (χ3v) is 5.44. The van der Waals surface area contributed by atoms with Gasteiger partial charge in [-0.15, -0.1) is 24.8 Å². The Kier molecular flexibility index (Phi) is 9.56. The van der Waals surface area contributed by atoms with Crippen LogP contribution in [-0.4, -0.2) is 44.3 Å². The van der Waals surface area contributed by atoms with Crippen molar-refractivity contribution in [2.75, 3.05) is 39.4 Å². The molecule has 0 bridgehead atoms. The molecule has 0 aromatic heterocycles. The van der Waals surface area contributed by atoms with E-state index in [1.165, 1.54) is 5.56 Å². The first-order valence-electron chi connectivity index (χ1n) is 9.75. The Labute approximate surface area is 180 Å². The van der Waals surface area contributed by atoms with E-state index >= 15 is 0 Å². The lowest BCUT2D eigenvalue weighted by Gasteiger charge is -2.41. The van der Waals surface area contributed by atoms with Gasteiger partial charge in [-0.1, -0.05) is 30.3 Å². The molecule has 0 aliphatic carbocycles. The van der Waals surface area contributed by atoms with E-state index in [1.807, 2.05) is 30.3 Å². The van der Waals surface area contributed by atoms with Crippen molar-refractivity contribution in [1.29, 1.82) is 0 Å². The summed E-state index contributed by atoms with van der Waals surface area (Å²) in [4.78, 5) is 2.65. The van der Waals surface area contributed by atoms with Crippen molar-refractivity contribution in [2.45, 2.75) is 18.9 Å². The molecule has 4 nitrogen and oxygen atoms in total. The van der Waals surface area contributed by atoms with Gasteiger partial charge in [-0.3, -0.25) is 4.90 Å². The molecule has 2 aromatic carbocycles. The number of hydrogen-bond donors (Lipinski definition) is 1. The summed E-state index contributed by atoms with van der Waals surface area (Å²) < 4.78 is 11.7. The molecular weight excluding hydrogens is 395 g/mol. The molecule has 0 unspecified atom stereocenters. The second-order valence-corrected chi connectivity index (χ2v) is 7.17. The van der Waals surface area contributed by atoms with Gasteiger partial charge >= 0.3 is 0 Å². The molecule has 0 radical (unpaired) electrons. The SMILES string of the molecule is Cl.Cl.c1ccc(Oc2cccc([C@@H](C3CCOCC3)N3CCNCC3)c2)cc1. The lowest BCUT2D eigenvalue weighted by atomic mass is 9.85. The zero-order chi connectivity index (χ0) is 17.6. The molecule has 1 atom stereocenters. The van der Waals surface area contributed by atoms with Crippen LogP contribution in [0, 0.1) is 5.92 Å². The van der Waals surface area contributed by atoms with E-state index in [0.717, 1.165) is 63.7 Å². The Bertz CT molecular complexity index is 672. The van der Waals surface area contributed by atoms with Crippen molar-refractivity contribution in [2.24, 2.45) is 5.92 Å². The van der Waals surface area contributed by atoms with Gasteiger partial charge in [0.2, 0.25) is 0 Å². The monoisotopic (exact) mass is 424 g/mol. The van der Waals surface area contributed by atoms with E-state index in [0.29, 0.717) is 12.0 Å².